The highest BCUT2D eigenvalue weighted by atomic mass is 79.9. The minimum atomic E-state index is -0.310. The van der Waals surface area contributed by atoms with Gasteiger partial charge in [0.1, 0.15) is 11.6 Å². The molecule has 0 aliphatic heterocycles. The first-order valence-electron chi connectivity index (χ1n) is 6.99. The van der Waals surface area contributed by atoms with Crippen molar-refractivity contribution < 1.29 is 4.39 Å². The molecule has 0 aliphatic rings. The molecular weight excluding hydrogens is 359 g/mol. The van der Waals surface area contributed by atoms with Gasteiger partial charge in [0.25, 0.3) is 0 Å². The van der Waals surface area contributed by atoms with Gasteiger partial charge in [0.05, 0.1) is 0 Å². The molecule has 6 heteroatoms. The highest BCUT2D eigenvalue weighted by Crippen LogP contribution is 2.21. The fourth-order valence-corrected chi connectivity index (χ4v) is 2.50. The second-order valence-electron chi connectivity index (χ2n) is 4.99. The second kappa shape index (κ2) is 6.75. The molecule has 0 saturated carbocycles. The van der Waals surface area contributed by atoms with Crippen molar-refractivity contribution in [1.29, 1.82) is 0 Å². The molecule has 0 amide bonds. The third kappa shape index (κ3) is 4.26. The molecule has 0 atom stereocenters. The van der Waals surface area contributed by atoms with E-state index in [-0.39, 0.29) is 5.82 Å². The molecule has 0 radical (unpaired) electrons. The van der Waals surface area contributed by atoms with Gasteiger partial charge in [0.2, 0.25) is 5.95 Å². The minimum absolute atomic E-state index is 0.310. The van der Waals surface area contributed by atoms with Crippen LogP contribution in [0.3, 0.4) is 0 Å². The molecule has 1 heterocycles. The zero-order valence-corrected chi connectivity index (χ0v) is 13.9. The van der Waals surface area contributed by atoms with Gasteiger partial charge in [-0.05, 0) is 43.3 Å². The van der Waals surface area contributed by atoms with E-state index in [9.17, 15) is 4.39 Å². The lowest BCUT2D eigenvalue weighted by atomic mass is 10.3. The maximum absolute atomic E-state index is 13.3. The third-order valence-corrected chi connectivity index (χ3v) is 3.53. The molecule has 3 aromatic rings. The first-order chi connectivity index (χ1) is 11.1. The average Bonchev–Trinajstić information content (AvgIpc) is 2.46. The molecule has 23 heavy (non-hydrogen) atoms. The Balaban J connectivity index is 1.84. The highest BCUT2D eigenvalue weighted by Gasteiger charge is 2.04. The van der Waals surface area contributed by atoms with Crippen molar-refractivity contribution in [3.8, 4) is 0 Å². The van der Waals surface area contributed by atoms with Crippen LogP contribution in [0.25, 0.3) is 0 Å². The number of benzene rings is 2. The Morgan fingerprint density at radius 1 is 0.913 bits per heavy atom. The van der Waals surface area contributed by atoms with Crippen molar-refractivity contribution >= 4 is 39.1 Å². The number of nitrogens with one attached hydrogen (secondary N) is 2. The summed E-state index contributed by atoms with van der Waals surface area (Å²) in [6.07, 6.45) is 0. The Kier molecular flexibility index (Phi) is 4.52. The van der Waals surface area contributed by atoms with E-state index in [0.717, 1.165) is 15.9 Å². The lowest BCUT2D eigenvalue weighted by Crippen LogP contribution is -2.02. The number of aromatic nitrogens is 2. The Morgan fingerprint density at radius 2 is 1.65 bits per heavy atom. The summed E-state index contributed by atoms with van der Waals surface area (Å²) < 4.78 is 14.2. The van der Waals surface area contributed by atoms with Crippen LogP contribution in [-0.2, 0) is 0 Å². The maximum atomic E-state index is 13.3. The SMILES string of the molecule is Cc1cc(Nc2cccc(Br)c2)nc(Nc2cccc(F)c2)n1. The smallest absolute Gasteiger partial charge is 0.229 e. The summed E-state index contributed by atoms with van der Waals surface area (Å²) in [4.78, 5) is 8.74. The molecule has 0 spiro atoms. The van der Waals surface area contributed by atoms with Crippen molar-refractivity contribution in [2.75, 3.05) is 10.6 Å². The van der Waals surface area contributed by atoms with Gasteiger partial charge in [-0.1, -0.05) is 28.1 Å². The number of halogens is 2. The molecule has 3 rings (SSSR count). The van der Waals surface area contributed by atoms with Gasteiger partial charge < -0.3 is 10.6 Å². The lowest BCUT2D eigenvalue weighted by Gasteiger charge is -2.10. The highest BCUT2D eigenvalue weighted by molar-refractivity contribution is 9.10. The number of hydrogen-bond donors (Lipinski definition) is 2. The molecule has 0 fully saturated rings. The molecule has 116 valence electrons. The van der Waals surface area contributed by atoms with E-state index in [1.807, 2.05) is 37.3 Å². The minimum Gasteiger partial charge on any atom is -0.340 e. The fraction of sp³-hybridized carbons (Fsp3) is 0.0588. The molecule has 0 bridgehead atoms. The van der Waals surface area contributed by atoms with E-state index in [0.29, 0.717) is 17.5 Å². The average molecular weight is 373 g/mol. The van der Waals surface area contributed by atoms with E-state index in [4.69, 9.17) is 0 Å². The monoisotopic (exact) mass is 372 g/mol. The van der Waals surface area contributed by atoms with Gasteiger partial charge in [-0.2, -0.15) is 4.98 Å². The topological polar surface area (TPSA) is 49.8 Å². The van der Waals surface area contributed by atoms with Crippen LogP contribution in [-0.4, -0.2) is 9.97 Å². The van der Waals surface area contributed by atoms with Crippen molar-refractivity contribution in [1.82, 2.24) is 9.97 Å². The number of rotatable bonds is 4. The Bertz CT molecular complexity index is 773. The van der Waals surface area contributed by atoms with Gasteiger partial charge in [-0.15, -0.1) is 0 Å². The number of hydrogen-bond acceptors (Lipinski definition) is 4. The first-order valence-corrected chi connectivity index (χ1v) is 7.79. The molecule has 1 aromatic heterocycles. The normalized spacial score (nSPS) is 10.4. The van der Waals surface area contributed by atoms with E-state index in [2.05, 4.69) is 36.5 Å². The fourth-order valence-electron chi connectivity index (χ4n) is 2.10. The van der Waals surface area contributed by atoms with Gasteiger partial charge in [-0.3, -0.25) is 0 Å². The Hall–Kier alpha value is -2.47. The predicted molar refractivity (Wildman–Crippen MR) is 93.9 cm³/mol. The van der Waals surface area contributed by atoms with Crippen LogP contribution in [0.2, 0.25) is 0 Å². The molecule has 0 aliphatic carbocycles. The quantitative estimate of drug-likeness (QED) is 0.662. The summed E-state index contributed by atoms with van der Waals surface area (Å²) in [5.41, 5.74) is 2.31. The van der Waals surface area contributed by atoms with Crippen LogP contribution in [0.4, 0.5) is 27.5 Å². The van der Waals surface area contributed by atoms with Crippen molar-refractivity contribution in [2.45, 2.75) is 6.92 Å². The summed E-state index contributed by atoms with van der Waals surface area (Å²) in [6, 6.07) is 15.8. The van der Waals surface area contributed by atoms with E-state index in [1.165, 1.54) is 12.1 Å². The standard InChI is InChI=1S/C17H14BrFN4/c1-11-8-16(21-14-6-2-4-12(18)9-14)23-17(20-11)22-15-7-3-5-13(19)10-15/h2-10H,1H3,(H2,20,21,22,23). The Morgan fingerprint density at radius 3 is 2.39 bits per heavy atom. The van der Waals surface area contributed by atoms with E-state index in [1.54, 1.807) is 12.1 Å². The summed E-state index contributed by atoms with van der Waals surface area (Å²) in [6.45, 7) is 1.88. The third-order valence-electron chi connectivity index (χ3n) is 3.03. The molecule has 4 nitrogen and oxygen atoms in total. The van der Waals surface area contributed by atoms with E-state index >= 15 is 0 Å². The number of nitrogens with zero attached hydrogens (tertiary/aromatic N) is 2. The second-order valence-corrected chi connectivity index (χ2v) is 5.90. The van der Waals surface area contributed by atoms with Crippen LogP contribution < -0.4 is 10.6 Å². The zero-order chi connectivity index (χ0) is 16.2. The molecule has 2 N–H and O–H groups in total. The van der Waals surface area contributed by atoms with Crippen LogP contribution in [0.5, 0.6) is 0 Å². The largest absolute Gasteiger partial charge is 0.340 e. The Labute approximate surface area is 141 Å². The summed E-state index contributed by atoms with van der Waals surface area (Å²) in [5, 5.41) is 6.24. The summed E-state index contributed by atoms with van der Waals surface area (Å²) >= 11 is 3.43. The number of aryl methyl sites for hydroxylation is 1. The van der Waals surface area contributed by atoms with Crippen LogP contribution in [0.1, 0.15) is 5.69 Å². The molecule has 2 aromatic carbocycles. The molecular formula is C17H14BrFN4. The van der Waals surface area contributed by atoms with Crippen molar-refractivity contribution in [2.24, 2.45) is 0 Å². The van der Waals surface area contributed by atoms with Crippen LogP contribution in [0, 0.1) is 12.7 Å². The van der Waals surface area contributed by atoms with Crippen molar-refractivity contribution in [3.63, 3.8) is 0 Å². The van der Waals surface area contributed by atoms with Gasteiger partial charge in [0.15, 0.2) is 0 Å². The number of anilines is 4. The summed E-state index contributed by atoms with van der Waals surface area (Å²) in [7, 11) is 0. The molecule has 0 saturated heterocycles. The van der Waals surface area contributed by atoms with Crippen LogP contribution >= 0.6 is 15.9 Å². The first kappa shape index (κ1) is 15.4. The maximum Gasteiger partial charge on any atom is 0.229 e. The zero-order valence-electron chi connectivity index (χ0n) is 12.3. The van der Waals surface area contributed by atoms with E-state index < -0.39 is 0 Å². The summed E-state index contributed by atoms with van der Waals surface area (Å²) in [5.74, 6) is 0.762. The molecule has 0 unspecified atom stereocenters. The van der Waals surface area contributed by atoms with Gasteiger partial charge in [0, 0.05) is 27.6 Å². The lowest BCUT2D eigenvalue weighted by molar-refractivity contribution is 0.628. The predicted octanol–water partition coefficient (Wildman–Crippen LogP) is 5.17. The van der Waals surface area contributed by atoms with Crippen molar-refractivity contribution in [3.05, 3.63) is 70.6 Å². The van der Waals surface area contributed by atoms with Crippen LogP contribution in [0.15, 0.2) is 59.1 Å². The van der Waals surface area contributed by atoms with Gasteiger partial charge in [-0.25, -0.2) is 9.37 Å². The van der Waals surface area contributed by atoms with Gasteiger partial charge >= 0.3 is 0 Å².